The van der Waals surface area contributed by atoms with Crippen molar-refractivity contribution in [3.8, 4) is 0 Å². The van der Waals surface area contributed by atoms with Crippen molar-refractivity contribution < 1.29 is 26.0 Å². The van der Waals surface area contributed by atoms with E-state index in [0.717, 1.165) is 21.5 Å². The number of rotatable bonds is 9. The summed E-state index contributed by atoms with van der Waals surface area (Å²) in [7, 11) is -7.54. The van der Waals surface area contributed by atoms with Crippen molar-refractivity contribution in [2.24, 2.45) is 0 Å². The molecule has 186 valence electrons. The lowest BCUT2D eigenvalue weighted by atomic mass is 10.1. The van der Waals surface area contributed by atoms with Crippen LogP contribution in [0, 0.1) is 5.82 Å². The van der Waals surface area contributed by atoms with Crippen LogP contribution in [0.4, 0.5) is 10.1 Å². The second kappa shape index (κ2) is 10.8. The van der Waals surface area contributed by atoms with E-state index in [2.05, 4.69) is 5.32 Å². The average Bonchev–Trinajstić information content (AvgIpc) is 2.82. The molecule has 0 aromatic heterocycles. The topological polar surface area (TPSA) is 101 Å². The molecule has 0 aliphatic heterocycles. The Balaban J connectivity index is 1.86. The van der Waals surface area contributed by atoms with E-state index < -0.39 is 44.2 Å². The highest BCUT2D eigenvalue weighted by Crippen LogP contribution is 2.26. The molecule has 0 heterocycles. The first-order chi connectivity index (χ1) is 16.4. The highest BCUT2D eigenvalue weighted by atomic mass is 32.2. The lowest BCUT2D eigenvalue weighted by Crippen LogP contribution is -2.41. The Hall–Kier alpha value is -2.89. The molecule has 0 saturated carbocycles. The molecule has 3 aromatic carbocycles. The maximum Gasteiger partial charge on any atom is 0.264 e. The van der Waals surface area contributed by atoms with Crippen molar-refractivity contribution in [1.82, 2.24) is 5.32 Å². The third-order valence-corrected chi connectivity index (χ3v) is 8.88. The smallest absolute Gasteiger partial charge is 0.264 e. The molecular weight excluding hydrogens is 511 g/mol. The van der Waals surface area contributed by atoms with E-state index in [1.165, 1.54) is 54.2 Å². The van der Waals surface area contributed by atoms with Gasteiger partial charge in [0, 0.05) is 11.2 Å². The van der Waals surface area contributed by atoms with Crippen molar-refractivity contribution in [2.45, 2.75) is 27.7 Å². The summed E-state index contributed by atoms with van der Waals surface area (Å²) < 4.78 is 65.0. The number of thioether (sulfide) groups is 1. The molecule has 0 radical (unpaired) electrons. The number of hydrogen-bond acceptors (Lipinski definition) is 6. The number of hydrogen-bond donors (Lipinski definition) is 1. The predicted molar refractivity (Wildman–Crippen MR) is 135 cm³/mol. The maximum absolute atomic E-state index is 13.9. The van der Waals surface area contributed by atoms with E-state index >= 15 is 0 Å². The highest BCUT2D eigenvalue weighted by Gasteiger charge is 2.28. The summed E-state index contributed by atoms with van der Waals surface area (Å²) in [5.41, 5.74) is 0.651. The summed E-state index contributed by atoms with van der Waals surface area (Å²) in [6.07, 6.45) is 2.96. The van der Waals surface area contributed by atoms with Gasteiger partial charge in [-0.3, -0.25) is 9.10 Å². The average molecular weight is 537 g/mol. The van der Waals surface area contributed by atoms with E-state index in [1.807, 2.05) is 6.26 Å². The van der Waals surface area contributed by atoms with E-state index in [4.69, 9.17) is 0 Å². The zero-order chi connectivity index (χ0) is 25.8. The van der Waals surface area contributed by atoms with Gasteiger partial charge in [0.1, 0.15) is 12.4 Å². The van der Waals surface area contributed by atoms with Gasteiger partial charge in [-0.05, 0) is 73.3 Å². The zero-order valence-electron chi connectivity index (χ0n) is 19.3. The lowest BCUT2D eigenvalue weighted by molar-refractivity contribution is -0.120. The van der Waals surface area contributed by atoms with Crippen LogP contribution in [-0.4, -0.2) is 41.8 Å². The van der Waals surface area contributed by atoms with Crippen LogP contribution < -0.4 is 9.62 Å². The quantitative estimate of drug-likeness (QED) is 0.415. The Labute approximate surface area is 209 Å². The van der Waals surface area contributed by atoms with Gasteiger partial charge in [-0.1, -0.05) is 18.2 Å². The Bertz CT molecular complexity index is 1410. The van der Waals surface area contributed by atoms with E-state index in [9.17, 15) is 26.0 Å². The SMILES string of the molecule is CSc1ccc(S(=O)(=O)N(CC(=O)NC(C)c2ccc(S(C)(=O)=O)cc2)c2cccc(F)c2)cc1. The van der Waals surface area contributed by atoms with Crippen LogP contribution in [0.15, 0.2) is 87.5 Å². The third kappa shape index (κ3) is 6.62. The fourth-order valence-electron chi connectivity index (χ4n) is 3.33. The third-order valence-electron chi connectivity index (χ3n) is 5.22. The van der Waals surface area contributed by atoms with Gasteiger partial charge in [-0.25, -0.2) is 21.2 Å². The van der Waals surface area contributed by atoms with Crippen LogP contribution >= 0.6 is 11.8 Å². The van der Waals surface area contributed by atoms with Gasteiger partial charge in [0.15, 0.2) is 9.84 Å². The number of amides is 1. The van der Waals surface area contributed by atoms with E-state index in [-0.39, 0.29) is 15.5 Å². The van der Waals surface area contributed by atoms with Crippen LogP contribution in [0.1, 0.15) is 18.5 Å². The van der Waals surface area contributed by atoms with Crippen molar-refractivity contribution in [3.05, 3.63) is 84.2 Å². The van der Waals surface area contributed by atoms with Crippen LogP contribution in [0.5, 0.6) is 0 Å². The van der Waals surface area contributed by atoms with Gasteiger partial charge in [0.2, 0.25) is 5.91 Å². The molecule has 1 unspecified atom stereocenters. The molecule has 0 spiro atoms. The van der Waals surface area contributed by atoms with Crippen molar-refractivity contribution in [1.29, 1.82) is 0 Å². The van der Waals surface area contributed by atoms with Crippen LogP contribution in [0.2, 0.25) is 0 Å². The fraction of sp³-hybridized carbons (Fsp3) is 0.208. The molecule has 35 heavy (non-hydrogen) atoms. The Morgan fingerprint density at radius 2 is 1.57 bits per heavy atom. The number of sulfonamides is 1. The van der Waals surface area contributed by atoms with Crippen LogP contribution in [-0.2, 0) is 24.7 Å². The molecule has 0 aliphatic carbocycles. The molecule has 1 atom stereocenters. The number of sulfone groups is 1. The molecule has 1 amide bonds. The highest BCUT2D eigenvalue weighted by molar-refractivity contribution is 7.98. The molecule has 0 saturated heterocycles. The second-order valence-electron chi connectivity index (χ2n) is 7.80. The Morgan fingerprint density at radius 1 is 0.971 bits per heavy atom. The normalized spacial score (nSPS) is 12.7. The van der Waals surface area contributed by atoms with Crippen molar-refractivity contribution in [3.63, 3.8) is 0 Å². The van der Waals surface area contributed by atoms with Gasteiger partial charge < -0.3 is 5.32 Å². The Kier molecular flexibility index (Phi) is 8.24. The number of halogens is 1. The zero-order valence-corrected chi connectivity index (χ0v) is 21.8. The Morgan fingerprint density at radius 3 is 2.11 bits per heavy atom. The minimum absolute atomic E-state index is 0.0132. The molecular formula is C24H25FN2O5S3. The van der Waals surface area contributed by atoms with E-state index in [1.54, 1.807) is 31.2 Å². The first-order valence-corrected chi connectivity index (χ1v) is 15.0. The second-order valence-corrected chi connectivity index (χ2v) is 12.6. The lowest BCUT2D eigenvalue weighted by Gasteiger charge is -2.25. The first-order valence-electron chi connectivity index (χ1n) is 10.4. The van der Waals surface area contributed by atoms with Gasteiger partial charge in [-0.15, -0.1) is 11.8 Å². The largest absolute Gasteiger partial charge is 0.348 e. The van der Waals surface area contributed by atoms with Crippen molar-refractivity contribution >= 4 is 43.2 Å². The molecule has 0 aliphatic rings. The van der Waals surface area contributed by atoms with Gasteiger partial charge in [0.25, 0.3) is 10.0 Å². The fourth-order valence-corrected chi connectivity index (χ4v) is 5.78. The number of benzene rings is 3. The van der Waals surface area contributed by atoms with Gasteiger partial charge in [0.05, 0.1) is 21.5 Å². The number of carbonyl (C=O) groups is 1. The van der Waals surface area contributed by atoms with Gasteiger partial charge in [-0.2, -0.15) is 0 Å². The molecule has 0 bridgehead atoms. The first kappa shape index (κ1) is 26.7. The predicted octanol–water partition coefficient (Wildman–Crippen LogP) is 4.02. The number of nitrogens with one attached hydrogen (secondary N) is 1. The molecule has 0 fully saturated rings. The number of anilines is 1. The van der Waals surface area contributed by atoms with E-state index in [0.29, 0.717) is 5.56 Å². The summed E-state index contributed by atoms with van der Waals surface area (Å²) in [5, 5.41) is 2.72. The monoisotopic (exact) mass is 536 g/mol. The molecule has 7 nitrogen and oxygen atoms in total. The minimum Gasteiger partial charge on any atom is -0.348 e. The molecule has 11 heteroatoms. The van der Waals surface area contributed by atoms with Crippen LogP contribution in [0.25, 0.3) is 0 Å². The number of carbonyl (C=O) groups excluding carboxylic acids is 1. The molecule has 3 aromatic rings. The van der Waals surface area contributed by atoms with Crippen molar-refractivity contribution in [2.75, 3.05) is 23.4 Å². The number of nitrogens with zero attached hydrogens (tertiary/aromatic N) is 1. The molecule has 1 N–H and O–H groups in total. The summed E-state index contributed by atoms with van der Waals surface area (Å²) in [5.74, 6) is -1.25. The van der Waals surface area contributed by atoms with Crippen LogP contribution in [0.3, 0.4) is 0 Å². The van der Waals surface area contributed by atoms with Gasteiger partial charge >= 0.3 is 0 Å². The minimum atomic E-state index is -4.18. The molecule has 3 rings (SSSR count). The summed E-state index contributed by atoms with van der Waals surface area (Å²) in [6.45, 7) is 1.11. The maximum atomic E-state index is 13.9. The summed E-state index contributed by atoms with van der Waals surface area (Å²) >= 11 is 1.46. The summed E-state index contributed by atoms with van der Waals surface area (Å²) in [6, 6.07) is 16.7. The standard InChI is InChI=1S/C24H25FN2O5S3/c1-17(18-7-11-22(12-8-18)34(3,29)30)26-24(28)16-27(20-6-4-5-19(25)15-20)35(31,32)23-13-9-21(33-2)10-14-23/h4-15,17H,16H2,1-3H3,(H,26,28). The summed E-state index contributed by atoms with van der Waals surface area (Å²) in [4.78, 5) is 13.9.